The van der Waals surface area contributed by atoms with Gasteiger partial charge in [0.05, 0.1) is 0 Å². The standard InChI is InChI=1S/C10H17N5/c1-2-8-13-9(6-10(14-8)15-11)12-7-4-3-5-7/h6-7H,2-5,11H2,1H3,(H2,12,13,14,15). The van der Waals surface area contributed by atoms with E-state index in [9.17, 15) is 0 Å². The van der Waals surface area contributed by atoms with Gasteiger partial charge in [0, 0.05) is 18.5 Å². The van der Waals surface area contributed by atoms with Crippen LogP contribution in [0.5, 0.6) is 0 Å². The maximum Gasteiger partial charge on any atom is 0.145 e. The first-order valence-electron chi connectivity index (χ1n) is 5.43. The van der Waals surface area contributed by atoms with E-state index >= 15 is 0 Å². The first-order chi connectivity index (χ1) is 7.31. The third kappa shape index (κ3) is 2.36. The van der Waals surface area contributed by atoms with E-state index in [0.29, 0.717) is 11.9 Å². The maximum atomic E-state index is 5.35. The van der Waals surface area contributed by atoms with E-state index in [-0.39, 0.29) is 0 Å². The molecule has 0 spiro atoms. The predicted molar refractivity (Wildman–Crippen MR) is 60.5 cm³/mol. The number of nitrogens with one attached hydrogen (secondary N) is 2. The molecule has 0 unspecified atom stereocenters. The van der Waals surface area contributed by atoms with Crippen LogP contribution < -0.4 is 16.6 Å². The molecule has 1 fully saturated rings. The van der Waals surface area contributed by atoms with Crippen molar-refractivity contribution in [3.8, 4) is 0 Å². The zero-order valence-electron chi connectivity index (χ0n) is 8.95. The van der Waals surface area contributed by atoms with Crippen LogP contribution >= 0.6 is 0 Å². The molecule has 0 atom stereocenters. The molecule has 5 nitrogen and oxygen atoms in total. The van der Waals surface area contributed by atoms with Gasteiger partial charge in [-0.15, -0.1) is 0 Å². The van der Waals surface area contributed by atoms with Crippen molar-refractivity contribution in [1.29, 1.82) is 0 Å². The van der Waals surface area contributed by atoms with Crippen molar-refractivity contribution in [3.05, 3.63) is 11.9 Å². The molecule has 1 aromatic heterocycles. The van der Waals surface area contributed by atoms with Crippen LogP contribution in [-0.4, -0.2) is 16.0 Å². The number of rotatable bonds is 4. The largest absolute Gasteiger partial charge is 0.367 e. The number of anilines is 2. The number of nitrogens with zero attached hydrogens (tertiary/aromatic N) is 2. The normalized spacial score (nSPS) is 15.9. The van der Waals surface area contributed by atoms with Gasteiger partial charge in [-0.25, -0.2) is 15.8 Å². The summed E-state index contributed by atoms with van der Waals surface area (Å²) < 4.78 is 0. The summed E-state index contributed by atoms with van der Waals surface area (Å²) >= 11 is 0. The maximum absolute atomic E-state index is 5.35. The van der Waals surface area contributed by atoms with Crippen molar-refractivity contribution >= 4 is 11.6 Å². The third-order valence-corrected chi connectivity index (χ3v) is 2.69. The van der Waals surface area contributed by atoms with Gasteiger partial charge in [-0.3, -0.25) is 0 Å². The van der Waals surface area contributed by atoms with E-state index in [1.54, 1.807) is 0 Å². The average Bonchev–Trinajstić information content (AvgIpc) is 2.23. The highest BCUT2D eigenvalue weighted by atomic mass is 15.3. The molecule has 1 aliphatic carbocycles. The molecule has 0 bridgehead atoms. The number of hydrogen-bond acceptors (Lipinski definition) is 5. The Hall–Kier alpha value is -1.36. The van der Waals surface area contributed by atoms with Crippen LogP contribution in [0.2, 0.25) is 0 Å². The Labute approximate surface area is 89.5 Å². The van der Waals surface area contributed by atoms with Crippen molar-refractivity contribution in [3.63, 3.8) is 0 Å². The second-order valence-corrected chi connectivity index (χ2v) is 3.82. The minimum atomic E-state index is 0.579. The number of aryl methyl sites for hydroxylation is 1. The molecule has 0 aliphatic heterocycles. The molecular formula is C10H17N5. The van der Waals surface area contributed by atoms with Crippen molar-refractivity contribution in [1.82, 2.24) is 9.97 Å². The summed E-state index contributed by atoms with van der Waals surface area (Å²) in [6.07, 6.45) is 4.59. The van der Waals surface area contributed by atoms with E-state index < -0.39 is 0 Å². The Morgan fingerprint density at radius 1 is 1.40 bits per heavy atom. The Morgan fingerprint density at radius 2 is 2.13 bits per heavy atom. The van der Waals surface area contributed by atoms with Crippen molar-refractivity contribution < 1.29 is 0 Å². The van der Waals surface area contributed by atoms with Gasteiger partial charge in [0.25, 0.3) is 0 Å². The van der Waals surface area contributed by atoms with E-state index in [1.165, 1.54) is 19.3 Å². The molecule has 0 saturated heterocycles. The summed E-state index contributed by atoms with van der Waals surface area (Å²) in [5, 5.41) is 3.38. The zero-order valence-corrected chi connectivity index (χ0v) is 8.95. The highest BCUT2D eigenvalue weighted by Gasteiger charge is 2.17. The molecule has 15 heavy (non-hydrogen) atoms. The Balaban J connectivity index is 2.13. The highest BCUT2D eigenvalue weighted by Crippen LogP contribution is 2.23. The molecule has 0 aromatic carbocycles. The average molecular weight is 207 g/mol. The van der Waals surface area contributed by atoms with Gasteiger partial charge in [-0.2, -0.15) is 0 Å². The Kier molecular flexibility index (Phi) is 3.01. The van der Waals surface area contributed by atoms with Crippen molar-refractivity contribution in [2.75, 3.05) is 10.7 Å². The lowest BCUT2D eigenvalue weighted by molar-refractivity contribution is 0.444. The molecule has 4 N–H and O–H groups in total. The third-order valence-electron chi connectivity index (χ3n) is 2.69. The zero-order chi connectivity index (χ0) is 10.7. The Bertz CT molecular complexity index is 312. The van der Waals surface area contributed by atoms with Crippen LogP contribution in [-0.2, 0) is 6.42 Å². The quantitative estimate of drug-likeness (QED) is 0.512. The summed E-state index contributed by atoms with van der Waals surface area (Å²) in [7, 11) is 0. The lowest BCUT2D eigenvalue weighted by Crippen LogP contribution is -2.27. The lowest BCUT2D eigenvalue weighted by atomic mass is 9.93. The van der Waals surface area contributed by atoms with Gasteiger partial charge in [0.1, 0.15) is 17.5 Å². The summed E-state index contributed by atoms with van der Waals surface area (Å²) in [5.74, 6) is 7.71. The summed E-state index contributed by atoms with van der Waals surface area (Å²) in [6.45, 7) is 2.03. The van der Waals surface area contributed by atoms with Crippen LogP contribution in [0.4, 0.5) is 11.6 Å². The van der Waals surface area contributed by atoms with Gasteiger partial charge < -0.3 is 10.7 Å². The summed E-state index contributed by atoms with van der Waals surface area (Å²) in [6, 6.07) is 2.42. The van der Waals surface area contributed by atoms with E-state index in [1.807, 2.05) is 13.0 Å². The second kappa shape index (κ2) is 4.44. The van der Waals surface area contributed by atoms with Crippen LogP contribution in [0.15, 0.2) is 6.07 Å². The van der Waals surface area contributed by atoms with E-state index in [2.05, 4.69) is 20.7 Å². The van der Waals surface area contributed by atoms with Gasteiger partial charge in [0.2, 0.25) is 0 Å². The fraction of sp³-hybridized carbons (Fsp3) is 0.600. The first-order valence-corrected chi connectivity index (χ1v) is 5.43. The molecule has 0 amide bonds. The van der Waals surface area contributed by atoms with Crippen LogP contribution in [0.1, 0.15) is 32.0 Å². The van der Waals surface area contributed by atoms with Gasteiger partial charge in [-0.1, -0.05) is 6.92 Å². The summed E-state index contributed by atoms with van der Waals surface area (Å²) in [5.41, 5.74) is 2.56. The Morgan fingerprint density at radius 3 is 2.67 bits per heavy atom. The highest BCUT2D eigenvalue weighted by molar-refractivity contribution is 5.47. The van der Waals surface area contributed by atoms with Gasteiger partial charge in [-0.05, 0) is 19.3 Å². The monoisotopic (exact) mass is 207 g/mol. The van der Waals surface area contributed by atoms with Crippen molar-refractivity contribution in [2.24, 2.45) is 5.84 Å². The molecule has 1 heterocycles. The minimum Gasteiger partial charge on any atom is -0.367 e. The molecule has 1 aliphatic rings. The van der Waals surface area contributed by atoms with E-state index in [4.69, 9.17) is 5.84 Å². The van der Waals surface area contributed by atoms with Crippen LogP contribution in [0.25, 0.3) is 0 Å². The number of nitrogens with two attached hydrogens (primary N) is 1. The fourth-order valence-electron chi connectivity index (χ4n) is 1.56. The topological polar surface area (TPSA) is 75.9 Å². The smallest absolute Gasteiger partial charge is 0.145 e. The van der Waals surface area contributed by atoms with Gasteiger partial charge >= 0.3 is 0 Å². The fourth-order valence-corrected chi connectivity index (χ4v) is 1.56. The minimum absolute atomic E-state index is 0.579. The van der Waals surface area contributed by atoms with Crippen molar-refractivity contribution in [2.45, 2.75) is 38.6 Å². The molecule has 5 heteroatoms. The van der Waals surface area contributed by atoms with Crippen LogP contribution in [0, 0.1) is 0 Å². The van der Waals surface area contributed by atoms with Gasteiger partial charge in [0.15, 0.2) is 0 Å². The first kappa shape index (κ1) is 10.2. The number of aromatic nitrogens is 2. The second-order valence-electron chi connectivity index (χ2n) is 3.82. The molecule has 1 saturated carbocycles. The molecular weight excluding hydrogens is 190 g/mol. The molecule has 0 radical (unpaired) electrons. The predicted octanol–water partition coefficient (Wildman–Crippen LogP) is 1.29. The van der Waals surface area contributed by atoms with E-state index in [0.717, 1.165) is 18.1 Å². The lowest BCUT2D eigenvalue weighted by Gasteiger charge is -2.27. The molecule has 2 rings (SSSR count). The van der Waals surface area contributed by atoms with Crippen LogP contribution in [0.3, 0.4) is 0 Å². The SMILES string of the molecule is CCc1nc(NN)cc(NC2CCC2)n1. The number of hydrogen-bond donors (Lipinski definition) is 3. The molecule has 82 valence electrons. The number of nitrogen functional groups attached to an aromatic ring is 1. The molecule has 1 aromatic rings. The number of hydrazine groups is 1. The summed E-state index contributed by atoms with van der Waals surface area (Å²) in [4.78, 5) is 8.64.